The van der Waals surface area contributed by atoms with E-state index in [4.69, 9.17) is 9.72 Å². The number of aromatic nitrogens is 4. The molecule has 0 N–H and O–H groups in total. The smallest absolute Gasteiger partial charge is 0.232 e. The third-order valence-electron chi connectivity index (χ3n) is 4.86. The Morgan fingerprint density at radius 2 is 1.76 bits per heavy atom. The van der Waals surface area contributed by atoms with Crippen LogP contribution in [0.15, 0.2) is 59.8 Å². The van der Waals surface area contributed by atoms with Gasteiger partial charge in [0, 0.05) is 13.1 Å². The predicted octanol–water partition coefficient (Wildman–Crippen LogP) is 4.57. The summed E-state index contributed by atoms with van der Waals surface area (Å²) in [5.74, 6) is 0.874. The van der Waals surface area contributed by atoms with Gasteiger partial charge in [0.25, 0.3) is 0 Å². The molecule has 1 saturated heterocycles. The first-order valence-corrected chi connectivity index (χ1v) is 11.3. The Balaban J connectivity index is 1.49. The van der Waals surface area contributed by atoms with Gasteiger partial charge in [-0.25, -0.2) is 4.98 Å². The molecule has 2 aromatic carbocycles. The molecule has 0 bridgehead atoms. The van der Waals surface area contributed by atoms with Crippen molar-refractivity contribution in [1.29, 1.82) is 0 Å². The number of hydrogen-bond donors (Lipinski definition) is 0. The molecule has 1 fully saturated rings. The van der Waals surface area contributed by atoms with Crippen molar-refractivity contribution in [1.82, 2.24) is 19.7 Å². The zero-order valence-electron chi connectivity index (χ0n) is 16.1. The van der Waals surface area contributed by atoms with Gasteiger partial charge >= 0.3 is 0 Å². The van der Waals surface area contributed by atoms with Crippen LogP contribution in [0.4, 0.5) is 5.95 Å². The molecular formula is C21H21N5OS2. The van der Waals surface area contributed by atoms with Gasteiger partial charge in [0.05, 0.1) is 34.4 Å². The first kappa shape index (κ1) is 18.6. The highest BCUT2D eigenvalue weighted by molar-refractivity contribution is 7.99. The van der Waals surface area contributed by atoms with Gasteiger partial charge in [-0.3, -0.25) is 4.57 Å². The van der Waals surface area contributed by atoms with Crippen molar-refractivity contribution in [3.05, 3.63) is 59.6 Å². The van der Waals surface area contributed by atoms with Gasteiger partial charge in [0.2, 0.25) is 5.95 Å². The van der Waals surface area contributed by atoms with Crippen molar-refractivity contribution in [2.45, 2.75) is 17.3 Å². The quantitative estimate of drug-likeness (QED) is 0.439. The fraction of sp³-hybridized carbons (Fsp3) is 0.286. The van der Waals surface area contributed by atoms with E-state index < -0.39 is 0 Å². The highest BCUT2D eigenvalue weighted by Gasteiger charge is 2.24. The summed E-state index contributed by atoms with van der Waals surface area (Å²) in [7, 11) is 0. The van der Waals surface area contributed by atoms with Crippen molar-refractivity contribution in [2.75, 3.05) is 31.2 Å². The van der Waals surface area contributed by atoms with Crippen LogP contribution in [0.1, 0.15) is 17.2 Å². The van der Waals surface area contributed by atoms with E-state index in [2.05, 4.69) is 56.9 Å². The highest BCUT2D eigenvalue weighted by atomic mass is 32.2. The Kier molecular flexibility index (Phi) is 5.22. The number of morpholine rings is 1. The van der Waals surface area contributed by atoms with Crippen LogP contribution in [0.3, 0.4) is 0 Å². The SMILES string of the molecule is C[C@@H](Sc1nnc(N2CCOCC2)n1-c1ccccc1)c1nc2ccccc2s1. The number of para-hydroxylation sites is 2. The van der Waals surface area contributed by atoms with Crippen molar-refractivity contribution in [2.24, 2.45) is 0 Å². The largest absolute Gasteiger partial charge is 0.378 e. The Bertz CT molecular complexity index is 1070. The zero-order valence-corrected chi connectivity index (χ0v) is 17.7. The molecule has 6 nitrogen and oxygen atoms in total. The van der Waals surface area contributed by atoms with Gasteiger partial charge in [-0.15, -0.1) is 21.5 Å². The average Bonchev–Trinajstić information content (AvgIpc) is 3.39. The molecule has 0 radical (unpaired) electrons. The number of thiazole rings is 1. The Labute approximate surface area is 177 Å². The molecule has 29 heavy (non-hydrogen) atoms. The Morgan fingerprint density at radius 1 is 1.00 bits per heavy atom. The van der Waals surface area contributed by atoms with E-state index in [-0.39, 0.29) is 5.25 Å². The van der Waals surface area contributed by atoms with E-state index in [1.165, 1.54) is 4.70 Å². The molecule has 4 aromatic rings. The summed E-state index contributed by atoms with van der Waals surface area (Å²) in [5, 5.41) is 11.3. The third-order valence-corrected chi connectivity index (χ3v) is 7.29. The van der Waals surface area contributed by atoms with E-state index in [0.29, 0.717) is 13.2 Å². The van der Waals surface area contributed by atoms with Gasteiger partial charge < -0.3 is 9.64 Å². The summed E-state index contributed by atoms with van der Waals surface area (Å²) >= 11 is 3.44. The number of nitrogens with zero attached hydrogens (tertiary/aromatic N) is 5. The van der Waals surface area contributed by atoms with Crippen molar-refractivity contribution < 1.29 is 4.74 Å². The van der Waals surface area contributed by atoms with E-state index in [1.54, 1.807) is 23.1 Å². The van der Waals surface area contributed by atoms with E-state index in [9.17, 15) is 0 Å². The minimum Gasteiger partial charge on any atom is -0.378 e. The van der Waals surface area contributed by atoms with Gasteiger partial charge in [-0.2, -0.15) is 0 Å². The fourth-order valence-corrected chi connectivity index (χ4v) is 5.42. The molecule has 0 aliphatic carbocycles. The molecule has 148 valence electrons. The second-order valence-corrected chi connectivity index (χ2v) is 9.20. The molecule has 1 aliphatic rings. The summed E-state index contributed by atoms with van der Waals surface area (Å²) in [6, 6.07) is 18.6. The molecule has 0 unspecified atom stereocenters. The molecule has 0 spiro atoms. The van der Waals surface area contributed by atoms with Crippen LogP contribution in [0.2, 0.25) is 0 Å². The maximum atomic E-state index is 5.51. The number of rotatable bonds is 5. The lowest BCUT2D eigenvalue weighted by Crippen LogP contribution is -2.37. The number of fused-ring (bicyclic) bond motifs is 1. The van der Waals surface area contributed by atoms with E-state index >= 15 is 0 Å². The minimum absolute atomic E-state index is 0.177. The third kappa shape index (κ3) is 3.75. The predicted molar refractivity (Wildman–Crippen MR) is 118 cm³/mol. The Hall–Kier alpha value is -2.42. The van der Waals surface area contributed by atoms with Gasteiger partial charge in [0.15, 0.2) is 5.16 Å². The summed E-state index contributed by atoms with van der Waals surface area (Å²) in [6.45, 7) is 5.26. The van der Waals surface area contributed by atoms with Gasteiger partial charge in [-0.05, 0) is 31.2 Å². The van der Waals surface area contributed by atoms with Crippen LogP contribution in [-0.4, -0.2) is 46.1 Å². The number of benzene rings is 2. The fourth-order valence-electron chi connectivity index (χ4n) is 3.38. The first-order valence-electron chi connectivity index (χ1n) is 9.65. The molecular weight excluding hydrogens is 402 g/mol. The second-order valence-electron chi connectivity index (χ2n) is 6.83. The molecule has 1 atom stereocenters. The van der Waals surface area contributed by atoms with E-state index in [1.807, 2.05) is 24.3 Å². The maximum absolute atomic E-state index is 5.51. The Morgan fingerprint density at radius 3 is 2.55 bits per heavy atom. The number of thioether (sulfide) groups is 1. The van der Waals surface area contributed by atoms with Gasteiger partial charge in [0.1, 0.15) is 5.01 Å². The van der Waals surface area contributed by atoms with Crippen molar-refractivity contribution >= 4 is 39.3 Å². The van der Waals surface area contributed by atoms with Crippen LogP contribution in [0, 0.1) is 0 Å². The zero-order chi connectivity index (χ0) is 19.6. The minimum atomic E-state index is 0.177. The first-order chi connectivity index (χ1) is 14.3. The van der Waals surface area contributed by atoms with Crippen LogP contribution < -0.4 is 4.90 Å². The lowest BCUT2D eigenvalue weighted by atomic mass is 10.3. The maximum Gasteiger partial charge on any atom is 0.232 e. The number of anilines is 1. The standard InChI is InChI=1S/C21H21N5OS2/c1-15(19-22-17-9-5-6-10-18(17)29-19)28-21-24-23-20(25-11-13-27-14-12-25)26(21)16-7-3-2-4-8-16/h2-10,15H,11-14H2,1H3/t15-/m1/s1. The van der Waals surface area contributed by atoms with E-state index in [0.717, 1.165) is 40.4 Å². The normalized spacial score (nSPS) is 15.7. The molecule has 5 rings (SSSR count). The second kappa shape index (κ2) is 8.14. The summed E-state index contributed by atoms with van der Waals surface area (Å²) in [5.41, 5.74) is 2.12. The molecule has 8 heteroatoms. The summed E-state index contributed by atoms with van der Waals surface area (Å²) in [6.07, 6.45) is 0. The lowest BCUT2D eigenvalue weighted by Gasteiger charge is -2.28. The summed E-state index contributed by atoms with van der Waals surface area (Å²) < 4.78 is 8.88. The summed E-state index contributed by atoms with van der Waals surface area (Å²) in [4.78, 5) is 7.07. The molecule has 2 aromatic heterocycles. The molecule has 0 amide bonds. The molecule has 3 heterocycles. The van der Waals surface area contributed by atoms with Crippen LogP contribution in [-0.2, 0) is 4.74 Å². The number of ether oxygens (including phenoxy) is 1. The van der Waals surface area contributed by atoms with Crippen LogP contribution in [0.5, 0.6) is 0 Å². The molecule has 0 saturated carbocycles. The monoisotopic (exact) mass is 423 g/mol. The average molecular weight is 424 g/mol. The topological polar surface area (TPSA) is 56.1 Å². The van der Waals surface area contributed by atoms with Crippen molar-refractivity contribution in [3.8, 4) is 5.69 Å². The van der Waals surface area contributed by atoms with Crippen LogP contribution >= 0.6 is 23.1 Å². The van der Waals surface area contributed by atoms with Crippen LogP contribution in [0.25, 0.3) is 15.9 Å². The lowest BCUT2D eigenvalue weighted by molar-refractivity contribution is 0.122. The molecule has 1 aliphatic heterocycles. The number of hydrogen-bond acceptors (Lipinski definition) is 7. The van der Waals surface area contributed by atoms with Crippen molar-refractivity contribution in [3.63, 3.8) is 0 Å². The highest BCUT2D eigenvalue weighted by Crippen LogP contribution is 2.39. The van der Waals surface area contributed by atoms with Gasteiger partial charge in [-0.1, -0.05) is 42.1 Å².